The maximum absolute atomic E-state index is 12.3. The molecule has 0 atom stereocenters. The fourth-order valence-corrected chi connectivity index (χ4v) is 5.60. The summed E-state index contributed by atoms with van der Waals surface area (Å²) < 4.78 is 6.85. The summed E-state index contributed by atoms with van der Waals surface area (Å²) in [6, 6.07) is 22.0. The van der Waals surface area contributed by atoms with Crippen molar-refractivity contribution >= 4 is 91.4 Å². The summed E-state index contributed by atoms with van der Waals surface area (Å²) in [5.74, 6) is 0.642. The molecule has 37 heavy (non-hydrogen) atoms. The van der Waals surface area contributed by atoms with Crippen LogP contribution in [-0.2, 0) is 4.79 Å². The molecule has 2 N–H and O–H groups in total. The van der Waals surface area contributed by atoms with Gasteiger partial charge in [-0.2, -0.15) is 0 Å². The van der Waals surface area contributed by atoms with Crippen LogP contribution in [0.15, 0.2) is 83.3 Å². The van der Waals surface area contributed by atoms with E-state index >= 15 is 0 Å². The van der Waals surface area contributed by atoms with Gasteiger partial charge in [0.05, 0.1) is 15.2 Å². The summed E-state index contributed by atoms with van der Waals surface area (Å²) in [6.07, 6.45) is 2.86. The first-order valence-corrected chi connectivity index (χ1v) is 13.2. The minimum atomic E-state index is -0.418. The number of hydrogen-bond acceptors (Lipinski definition) is 5. The van der Waals surface area contributed by atoms with Gasteiger partial charge < -0.3 is 9.73 Å². The Kier molecular flexibility index (Phi) is 7.60. The van der Waals surface area contributed by atoms with Crippen molar-refractivity contribution < 1.29 is 9.21 Å². The van der Waals surface area contributed by atoms with E-state index in [1.807, 2.05) is 36.4 Å². The molecule has 0 unspecified atom stereocenters. The monoisotopic (exact) mass is 583 g/mol. The lowest BCUT2D eigenvalue weighted by atomic mass is 10.2. The van der Waals surface area contributed by atoms with Crippen LogP contribution < -0.4 is 10.6 Å². The van der Waals surface area contributed by atoms with E-state index < -0.39 is 5.91 Å². The molecule has 0 aliphatic heterocycles. The number of carbonyl (C=O) groups excluding carboxylic acids is 1. The Hall–Kier alpha value is -3.20. The Morgan fingerprint density at radius 3 is 2.51 bits per heavy atom. The van der Waals surface area contributed by atoms with Crippen molar-refractivity contribution in [3.05, 3.63) is 99.7 Å². The SMILES string of the molecule is O=C(/C=C/c1ccc(-c2cc(Cl)cc(Cl)c2)o1)NC(=S)Nc1ccc(-c2nc3ccccc3s2)c(Cl)c1. The highest BCUT2D eigenvalue weighted by Crippen LogP contribution is 2.35. The molecule has 2 aromatic heterocycles. The molecule has 0 aliphatic carbocycles. The second kappa shape index (κ2) is 11.0. The van der Waals surface area contributed by atoms with Gasteiger partial charge in [-0.25, -0.2) is 4.98 Å². The molecule has 2 heterocycles. The smallest absolute Gasteiger partial charge is 0.250 e. The zero-order chi connectivity index (χ0) is 25.9. The van der Waals surface area contributed by atoms with Crippen LogP contribution in [0.4, 0.5) is 5.69 Å². The second-order valence-electron chi connectivity index (χ2n) is 7.82. The molecule has 0 saturated carbocycles. The zero-order valence-corrected chi connectivity index (χ0v) is 22.7. The molecule has 0 bridgehead atoms. The van der Waals surface area contributed by atoms with Crippen molar-refractivity contribution in [1.82, 2.24) is 10.3 Å². The third kappa shape index (κ3) is 6.21. The number of rotatable bonds is 5. The van der Waals surface area contributed by atoms with E-state index in [9.17, 15) is 4.79 Å². The summed E-state index contributed by atoms with van der Waals surface area (Å²) in [4.78, 5) is 17.0. The number of fused-ring (bicyclic) bond motifs is 1. The molecule has 184 valence electrons. The zero-order valence-electron chi connectivity index (χ0n) is 18.8. The van der Waals surface area contributed by atoms with Crippen molar-refractivity contribution in [3.8, 4) is 21.9 Å². The molecule has 5 nitrogen and oxygen atoms in total. The van der Waals surface area contributed by atoms with Gasteiger partial charge in [-0.05, 0) is 79.0 Å². The summed E-state index contributed by atoms with van der Waals surface area (Å²) in [6.45, 7) is 0. The number of thiocarbonyl (C=S) groups is 1. The lowest BCUT2D eigenvalue weighted by Gasteiger charge is -2.09. The third-order valence-electron chi connectivity index (χ3n) is 5.16. The number of halogens is 3. The van der Waals surface area contributed by atoms with Crippen molar-refractivity contribution in [1.29, 1.82) is 0 Å². The summed E-state index contributed by atoms with van der Waals surface area (Å²) >= 11 is 25.5. The van der Waals surface area contributed by atoms with E-state index in [1.165, 1.54) is 12.2 Å². The Balaban J connectivity index is 1.19. The molecular weight excluding hydrogens is 569 g/mol. The number of nitrogens with zero attached hydrogens (tertiary/aromatic N) is 1. The van der Waals surface area contributed by atoms with Gasteiger partial charge in [0.1, 0.15) is 16.5 Å². The van der Waals surface area contributed by atoms with Crippen LogP contribution in [0.2, 0.25) is 15.1 Å². The number of hydrogen-bond donors (Lipinski definition) is 2. The predicted octanol–water partition coefficient (Wildman–Crippen LogP) is 8.71. The lowest BCUT2D eigenvalue weighted by Crippen LogP contribution is -2.32. The van der Waals surface area contributed by atoms with Gasteiger partial charge in [0.2, 0.25) is 5.91 Å². The van der Waals surface area contributed by atoms with Crippen LogP contribution in [-0.4, -0.2) is 16.0 Å². The first-order valence-electron chi connectivity index (χ1n) is 10.9. The average molecular weight is 585 g/mol. The minimum absolute atomic E-state index is 0.132. The molecule has 1 amide bonds. The second-order valence-corrected chi connectivity index (χ2v) is 10.5. The van der Waals surface area contributed by atoms with Crippen molar-refractivity contribution in [3.63, 3.8) is 0 Å². The highest BCUT2D eigenvalue weighted by Gasteiger charge is 2.11. The molecule has 5 aromatic rings. The van der Waals surface area contributed by atoms with E-state index in [4.69, 9.17) is 51.4 Å². The van der Waals surface area contributed by atoms with E-state index in [0.717, 1.165) is 26.4 Å². The molecule has 0 saturated heterocycles. The standard InChI is InChI=1S/C27H16Cl3N3O2S2/c28-16-11-15(12-17(29)13-16)23-9-6-19(35-23)7-10-25(34)33-27(36)31-18-5-8-20(21(30)14-18)26-32-22-3-1-2-4-24(22)37-26/h1-14H,(H2,31,33,34,36)/b10-7+. The normalized spacial score (nSPS) is 11.2. The fraction of sp³-hybridized carbons (Fsp3) is 0. The minimum Gasteiger partial charge on any atom is -0.457 e. The van der Waals surface area contributed by atoms with Crippen LogP contribution in [0.25, 0.3) is 38.2 Å². The van der Waals surface area contributed by atoms with Crippen molar-refractivity contribution in [2.24, 2.45) is 0 Å². The van der Waals surface area contributed by atoms with E-state index in [-0.39, 0.29) is 5.11 Å². The molecule has 0 aliphatic rings. The Bertz CT molecular complexity index is 1620. The first kappa shape index (κ1) is 25.4. The lowest BCUT2D eigenvalue weighted by molar-refractivity contribution is -0.115. The number of anilines is 1. The van der Waals surface area contributed by atoms with Gasteiger partial charge in [0, 0.05) is 32.9 Å². The average Bonchev–Trinajstić information content (AvgIpc) is 3.49. The van der Waals surface area contributed by atoms with Crippen molar-refractivity contribution in [2.45, 2.75) is 0 Å². The number of aromatic nitrogens is 1. The largest absolute Gasteiger partial charge is 0.457 e. The van der Waals surface area contributed by atoms with E-state index in [0.29, 0.717) is 32.3 Å². The molecule has 0 fully saturated rings. The van der Waals surface area contributed by atoms with Gasteiger partial charge in [-0.15, -0.1) is 11.3 Å². The number of para-hydroxylation sites is 1. The Morgan fingerprint density at radius 2 is 1.76 bits per heavy atom. The van der Waals surface area contributed by atoms with Gasteiger partial charge >= 0.3 is 0 Å². The molecular formula is C27H16Cl3N3O2S2. The number of thiazole rings is 1. The fourth-order valence-electron chi connectivity index (χ4n) is 3.52. The van der Waals surface area contributed by atoms with Gasteiger partial charge in [-0.1, -0.05) is 46.9 Å². The topological polar surface area (TPSA) is 67.2 Å². The van der Waals surface area contributed by atoms with E-state index in [2.05, 4.69) is 15.6 Å². The molecule has 0 spiro atoms. The number of benzene rings is 3. The first-order chi connectivity index (χ1) is 17.8. The van der Waals surface area contributed by atoms with Crippen LogP contribution in [0, 0.1) is 0 Å². The van der Waals surface area contributed by atoms with Crippen LogP contribution >= 0.6 is 58.4 Å². The van der Waals surface area contributed by atoms with Crippen LogP contribution in [0.3, 0.4) is 0 Å². The highest BCUT2D eigenvalue weighted by atomic mass is 35.5. The Morgan fingerprint density at radius 1 is 0.973 bits per heavy atom. The molecule has 5 rings (SSSR count). The van der Waals surface area contributed by atoms with E-state index in [1.54, 1.807) is 47.7 Å². The van der Waals surface area contributed by atoms with Gasteiger partial charge in [-0.3, -0.25) is 10.1 Å². The molecule has 3 aromatic carbocycles. The van der Waals surface area contributed by atoms with Gasteiger partial charge in [0.25, 0.3) is 0 Å². The van der Waals surface area contributed by atoms with Crippen LogP contribution in [0.5, 0.6) is 0 Å². The maximum atomic E-state index is 12.3. The summed E-state index contributed by atoms with van der Waals surface area (Å²) in [5, 5.41) is 8.06. The third-order valence-corrected chi connectivity index (χ3v) is 7.18. The number of furan rings is 1. The highest BCUT2D eigenvalue weighted by molar-refractivity contribution is 7.80. The number of nitrogens with one attached hydrogen (secondary N) is 2. The van der Waals surface area contributed by atoms with Crippen molar-refractivity contribution in [2.75, 3.05) is 5.32 Å². The molecule has 10 heteroatoms. The van der Waals surface area contributed by atoms with Crippen LogP contribution in [0.1, 0.15) is 5.76 Å². The molecule has 0 radical (unpaired) electrons. The number of amides is 1. The number of carbonyl (C=O) groups is 1. The quantitative estimate of drug-likeness (QED) is 0.160. The van der Waals surface area contributed by atoms with Gasteiger partial charge in [0.15, 0.2) is 5.11 Å². The Labute approximate surface area is 236 Å². The summed E-state index contributed by atoms with van der Waals surface area (Å²) in [7, 11) is 0. The summed E-state index contributed by atoms with van der Waals surface area (Å²) in [5.41, 5.74) is 3.13. The predicted molar refractivity (Wildman–Crippen MR) is 158 cm³/mol. The maximum Gasteiger partial charge on any atom is 0.250 e.